The highest BCUT2D eigenvalue weighted by atomic mass is 32.1. The summed E-state index contributed by atoms with van der Waals surface area (Å²) in [6.45, 7) is 12.7. The predicted octanol–water partition coefficient (Wildman–Crippen LogP) is 7.54. The van der Waals surface area contributed by atoms with Crippen LogP contribution in [0, 0.1) is 24.0 Å². The van der Waals surface area contributed by atoms with Crippen LogP contribution < -0.4 is 4.80 Å². The van der Waals surface area contributed by atoms with Gasteiger partial charge in [-0.05, 0) is 61.1 Å². The molecule has 0 radical (unpaired) electrons. The van der Waals surface area contributed by atoms with E-state index in [0.717, 1.165) is 38.6 Å². The molecule has 0 aliphatic rings. The number of nitrogens with zero attached hydrogens (tertiary/aromatic N) is 4. The third kappa shape index (κ3) is 5.52. The number of non-ortho nitro benzene ring substituents is 1. The van der Waals surface area contributed by atoms with Crippen molar-refractivity contribution in [2.75, 3.05) is 0 Å². The van der Waals surface area contributed by atoms with Crippen LogP contribution in [0.15, 0.2) is 82.2 Å². The first-order valence-electron chi connectivity index (χ1n) is 11.8. The van der Waals surface area contributed by atoms with Crippen LogP contribution in [0.1, 0.15) is 49.9 Å². The summed E-state index contributed by atoms with van der Waals surface area (Å²) in [7, 11) is 0. The molecule has 4 rings (SSSR count). The van der Waals surface area contributed by atoms with E-state index in [-0.39, 0.29) is 11.1 Å². The molecule has 0 aliphatic heterocycles. The molecule has 0 bridgehead atoms. The molecule has 6 nitrogen and oxygen atoms in total. The lowest BCUT2D eigenvalue weighted by Crippen LogP contribution is -2.14. The number of nitro benzene ring substituents is 1. The fourth-order valence-electron chi connectivity index (χ4n) is 3.88. The van der Waals surface area contributed by atoms with Crippen LogP contribution in [0.5, 0.6) is 0 Å². The fourth-order valence-corrected chi connectivity index (χ4v) is 4.72. The zero-order chi connectivity index (χ0) is 26.0. The molecule has 7 heteroatoms. The molecule has 0 aliphatic carbocycles. The molecule has 0 unspecified atom stereocenters. The second-order valence-corrected chi connectivity index (χ2v) is 10.8. The number of rotatable bonds is 5. The second kappa shape index (κ2) is 10.0. The average Bonchev–Trinajstić information content (AvgIpc) is 3.22. The van der Waals surface area contributed by atoms with Crippen LogP contribution in [-0.4, -0.2) is 15.3 Å². The van der Waals surface area contributed by atoms with Crippen molar-refractivity contribution in [2.45, 2.75) is 47.0 Å². The average molecular weight is 499 g/mol. The van der Waals surface area contributed by atoms with Gasteiger partial charge in [-0.2, -0.15) is 5.10 Å². The zero-order valence-electron chi connectivity index (χ0n) is 21.4. The SMILES string of the molecule is CC(=Nn1c(-c2ccc([N+](=O)[O-])cc2)csc1=Nc1ccc(C)cc1C)c1ccc(C(C)(C)C)cc1. The molecule has 0 saturated carbocycles. The minimum Gasteiger partial charge on any atom is -0.258 e. The van der Waals surface area contributed by atoms with Gasteiger partial charge in [0.05, 0.1) is 22.0 Å². The van der Waals surface area contributed by atoms with Crippen LogP contribution in [0.25, 0.3) is 11.3 Å². The van der Waals surface area contributed by atoms with Gasteiger partial charge in [0.15, 0.2) is 0 Å². The predicted molar refractivity (Wildman–Crippen MR) is 148 cm³/mol. The molecule has 0 amide bonds. The molecular weight excluding hydrogens is 468 g/mol. The summed E-state index contributed by atoms with van der Waals surface area (Å²) in [4.78, 5) is 16.4. The Kier molecular flexibility index (Phi) is 7.04. The Morgan fingerprint density at radius 2 is 1.64 bits per heavy atom. The van der Waals surface area contributed by atoms with Gasteiger partial charge in [-0.3, -0.25) is 10.1 Å². The maximum absolute atomic E-state index is 11.1. The summed E-state index contributed by atoms with van der Waals surface area (Å²) >= 11 is 1.49. The smallest absolute Gasteiger partial charge is 0.258 e. The normalized spacial score (nSPS) is 12.7. The van der Waals surface area contributed by atoms with Gasteiger partial charge in [-0.1, -0.05) is 62.7 Å². The standard InChI is InChI=1S/C29H30N4O2S/c1-19-7-16-26(20(2)17-19)30-28-32(27(18-36-28)23-10-14-25(15-11-23)33(34)35)31-21(3)22-8-12-24(13-9-22)29(4,5)6/h7-18H,1-6H3. The molecule has 184 valence electrons. The van der Waals surface area contributed by atoms with Crippen LogP contribution in [0.3, 0.4) is 0 Å². The number of thiazole rings is 1. The van der Waals surface area contributed by atoms with E-state index in [1.807, 2.05) is 36.0 Å². The summed E-state index contributed by atoms with van der Waals surface area (Å²) in [6, 6.07) is 21.2. The molecule has 1 heterocycles. The highest BCUT2D eigenvalue weighted by Crippen LogP contribution is 2.26. The Bertz CT molecular complexity index is 1500. The number of nitro groups is 1. The molecule has 3 aromatic carbocycles. The van der Waals surface area contributed by atoms with Crippen molar-refractivity contribution in [1.82, 2.24) is 4.68 Å². The van der Waals surface area contributed by atoms with Gasteiger partial charge in [-0.15, -0.1) is 11.3 Å². The first kappa shape index (κ1) is 25.3. The van der Waals surface area contributed by atoms with Crippen molar-refractivity contribution < 1.29 is 4.92 Å². The maximum Gasteiger partial charge on any atom is 0.269 e. The Morgan fingerprint density at radius 1 is 0.972 bits per heavy atom. The van der Waals surface area contributed by atoms with E-state index >= 15 is 0 Å². The lowest BCUT2D eigenvalue weighted by Gasteiger charge is -2.19. The lowest BCUT2D eigenvalue weighted by molar-refractivity contribution is -0.384. The number of aromatic nitrogens is 1. The molecule has 36 heavy (non-hydrogen) atoms. The van der Waals surface area contributed by atoms with Crippen molar-refractivity contribution in [3.63, 3.8) is 0 Å². The molecule has 0 fully saturated rings. The lowest BCUT2D eigenvalue weighted by atomic mass is 9.86. The Balaban J connectivity index is 1.85. The minimum absolute atomic E-state index is 0.0549. The van der Waals surface area contributed by atoms with E-state index in [1.54, 1.807) is 12.1 Å². The Morgan fingerprint density at radius 3 is 2.22 bits per heavy atom. The van der Waals surface area contributed by atoms with Crippen LogP contribution >= 0.6 is 11.3 Å². The summed E-state index contributed by atoms with van der Waals surface area (Å²) < 4.78 is 1.83. The van der Waals surface area contributed by atoms with Crippen LogP contribution in [0.2, 0.25) is 0 Å². The van der Waals surface area contributed by atoms with Crippen molar-refractivity contribution >= 4 is 28.4 Å². The second-order valence-electron chi connectivity index (χ2n) is 9.93. The number of hydrogen-bond donors (Lipinski definition) is 0. The summed E-state index contributed by atoms with van der Waals surface area (Å²) in [5.41, 5.74) is 8.07. The van der Waals surface area contributed by atoms with Crippen molar-refractivity contribution in [2.24, 2.45) is 10.1 Å². The molecule has 4 aromatic rings. The van der Waals surface area contributed by atoms with E-state index in [1.165, 1.54) is 34.6 Å². The van der Waals surface area contributed by atoms with Crippen molar-refractivity contribution in [1.29, 1.82) is 0 Å². The quantitative estimate of drug-likeness (QED) is 0.162. The number of hydrogen-bond acceptors (Lipinski definition) is 5. The highest BCUT2D eigenvalue weighted by molar-refractivity contribution is 7.07. The van der Waals surface area contributed by atoms with E-state index in [9.17, 15) is 10.1 Å². The first-order valence-corrected chi connectivity index (χ1v) is 12.6. The van der Waals surface area contributed by atoms with Gasteiger partial charge in [0.1, 0.15) is 0 Å². The zero-order valence-corrected chi connectivity index (χ0v) is 22.3. The largest absolute Gasteiger partial charge is 0.269 e. The van der Waals surface area contributed by atoms with E-state index in [4.69, 9.17) is 10.1 Å². The van der Waals surface area contributed by atoms with Gasteiger partial charge in [0, 0.05) is 23.1 Å². The fraction of sp³-hybridized carbons (Fsp3) is 0.241. The van der Waals surface area contributed by atoms with E-state index in [0.29, 0.717) is 0 Å². The monoisotopic (exact) mass is 498 g/mol. The van der Waals surface area contributed by atoms with Gasteiger partial charge >= 0.3 is 0 Å². The Hall–Kier alpha value is -3.84. The van der Waals surface area contributed by atoms with Gasteiger partial charge < -0.3 is 0 Å². The molecule has 0 saturated heterocycles. The molecule has 1 aromatic heterocycles. The minimum atomic E-state index is -0.393. The molecule has 0 atom stereocenters. The van der Waals surface area contributed by atoms with Gasteiger partial charge in [0.25, 0.3) is 5.69 Å². The molecule has 0 N–H and O–H groups in total. The van der Waals surface area contributed by atoms with E-state index in [2.05, 4.69) is 58.0 Å². The van der Waals surface area contributed by atoms with Crippen molar-refractivity contribution in [3.8, 4) is 11.3 Å². The first-order chi connectivity index (χ1) is 17.0. The third-order valence-electron chi connectivity index (χ3n) is 6.05. The van der Waals surface area contributed by atoms with Crippen molar-refractivity contribution in [3.05, 3.63) is 109 Å². The molecular formula is C29H30N4O2S. The summed E-state index contributed by atoms with van der Waals surface area (Å²) in [5, 5.41) is 18.1. The van der Waals surface area contributed by atoms with E-state index < -0.39 is 4.92 Å². The van der Waals surface area contributed by atoms with Gasteiger partial charge in [-0.25, -0.2) is 9.67 Å². The number of benzene rings is 3. The van der Waals surface area contributed by atoms with Gasteiger partial charge in [0.2, 0.25) is 4.80 Å². The van der Waals surface area contributed by atoms with Crippen LogP contribution in [-0.2, 0) is 5.41 Å². The van der Waals surface area contributed by atoms with Crippen LogP contribution in [0.4, 0.5) is 11.4 Å². The summed E-state index contributed by atoms with van der Waals surface area (Å²) in [5.74, 6) is 0. The number of aryl methyl sites for hydroxylation is 2. The molecule has 0 spiro atoms. The topological polar surface area (TPSA) is 72.8 Å². The highest BCUT2D eigenvalue weighted by Gasteiger charge is 2.14. The Labute approximate surface area is 215 Å². The third-order valence-corrected chi connectivity index (χ3v) is 6.86. The maximum atomic E-state index is 11.1. The summed E-state index contributed by atoms with van der Waals surface area (Å²) in [6.07, 6.45) is 0.